The van der Waals surface area contributed by atoms with Crippen LogP contribution in [0.1, 0.15) is 65.6 Å². The van der Waals surface area contributed by atoms with Crippen molar-refractivity contribution < 1.29 is 4.74 Å². The van der Waals surface area contributed by atoms with Crippen LogP contribution in [0.15, 0.2) is 134 Å². The molecular weight excluding hydrogens is 544 g/mol. The third kappa shape index (κ3) is 3.67. The maximum atomic E-state index is 6.48. The van der Waals surface area contributed by atoms with Gasteiger partial charge in [-0.05, 0) is 93.5 Å². The first-order chi connectivity index (χ1) is 22.1. The lowest BCUT2D eigenvalue weighted by molar-refractivity contribution is 0.418. The number of hydrogen-bond acceptors (Lipinski definition) is 1. The molecule has 1 nitrogen and oxygen atoms in total. The molecule has 0 saturated heterocycles. The van der Waals surface area contributed by atoms with Gasteiger partial charge >= 0.3 is 0 Å². The highest BCUT2D eigenvalue weighted by Crippen LogP contribution is 2.61. The Morgan fingerprint density at radius 3 is 2.20 bits per heavy atom. The zero-order valence-electron chi connectivity index (χ0n) is 25.9. The summed E-state index contributed by atoms with van der Waals surface area (Å²) in [5, 5.41) is 0. The second-order valence-electron chi connectivity index (χ2n) is 13.5. The van der Waals surface area contributed by atoms with E-state index in [1.54, 1.807) is 0 Å². The monoisotopic (exact) mass is 580 g/mol. The summed E-state index contributed by atoms with van der Waals surface area (Å²) in [5.41, 5.74) is 14.4. The number of benzene rings is 5. The van der Waals surface area contributed by atoms with Gasteiger partial charge in [0.05, 0.1) is 5.41 Å². The quantitative estimate of drug-likeness (QED) is 0.206. The zero-order valence-corrected chi connectivity index (χ0v) is 25.9. The van der Waals surface area contributed by atoms with Gasteiger partial charge in [0.25, 0.3) is 0 Å². The van der Waals surface area contributed by atoms with Gasteiger partial charge in [-0.15, -0.1) is 0 Å². The number of ether oxygens (including phenoxy) is 1. The van der Waals surface area contributed by atoms with Crippen LogP contribution >= 0.6 is 0 Å². The van der Waals surface area contributed by atoms with Crippen LogP contribution in [0.2, 0.25) is 0 Å². The summed E-state index contributed by atoms with van der Waals surface area (Å²) in [4.78, 5) is 0. The lowest BCUT2D eigenvalue weighted by atomic mass is 9.59. The van der Waals surface area contributed by atoms with E-state index in [2.05, 4.69) is 153 Å². The molecule has 0 saturated carbocycles. The van der Waals surface area contributed by atoms with E-state index >= 15 is 0 Å². The second kappa shape index (κ2) is 9.81. The van der Waals surface area contributed by atoms with Gasteiger partial charge in [-0.1, -0.05) is 135 Å². The van der Waals surface area contributed by atoms with Crippen molar-refractivity contribution in [3.63, 3.8) is 0 Å². The van der Waals surface area contributed by atoms with E-state index in [1.807, 2.05) is 0 Å². The van der Waals surface area contributed by atoms with Gasteiger partial charge in [-0.3, -0.25) is 0 Å². The summed E-state index contributed by atoms with van der Waals surface area (Å²) in [5.74, 6) is 2.18. The Morgan fingerprint density at radius 1 is 0.644 bits per heavy atom. The van der Waals surface area contributed by atoms with Crippen LogP contribution in [-0.4, -0.2) is 0 Å². The van der Waals surface area contributed by atoms with Crippen molar-refractivity contribution in [3.05, 3.63) is 172 Å². The fourth-order valence-electron chi connectivity index (χ4n) is 8.81. The van der Waals surface area contributed by atoms with Crippen molar-refractivity contribution in [2.45, 2.75) is 43.9 Å². The summed E-state index contributed by atoms with van der Waals surface area (Å²) in [6, 6.07) is 38.5. The van der Waals surface area contributed by atoms with E-state index in [-0.39, 0.29) is 16.7 Å². The van der Waals surface area contributed by atoms with E-state index in [9.17, 15) is 0 Å². The average Bonchev–Trinajstić information content (AvgIpc) is 3.40. The van der Waals surface area contributed by atoms with Crippen LogP contribution in [0.4, 0.5) is 0 Å². The molecular formula is C44H36O. The van der Waals surface area contributed by atoms with Gasteiger partial charge < -0.3 is 4.74 Å². The zero-order chi connectivity index (χ0) is 30.2. The average molecular weight is 581 g/mol. The van der Waals surface area contributed by atoms with Crippen LogP contribution < -0.4 is 4.74 Å². The molecule has 1 aliphatic heterocycles. The van der Waals surface area contributed by atoms with Crippen LogP contribution in [0.3, 0.4) is 0 Å². The Bertz CT molecular complexity index is 2100. The molecule has 218 valence electrons. The molecule has 2 unspecified atom stereocenters. The molecule has 9 rings (SSSR count). The fourth-order valence-corrected chi connectivity index (χ4v) is 8.81. The predicted molar refractivity (Wildman–Crippen MR) is 186 cm³/mol. The molecule has 3 aliphatic carbocycles. The Balaban J connectivity index is 1.34. The molecule has 2 atom stereocenters. The Hall–Kier alpha value is -4.88. The van der Waals surface area contributed by atoms with Crippen molar-refractivity contribution in [2.24, 2.45) is 5.92 Å². The van der Waals surface area contributed by atoms with E-state index in [0.717, 1.165) is 30.8 Å². The maximum Gasteiger partial charge on any atom is 0.131 e. The van der Waals surface area contributed by atoms with Crippen molar-refractivity contribution in [1.82, 2.24) is 0 Å². The molecule has 45 heavy (non-hydrogen) atoms. The smallest absolute Gasteiger partial charge is 0.131 e. The standard InChI is InChI=1S/C44H36O/c1-43(2)38-22-12-13-23-40(38)45-41-27-25-30(28-39(41)43)32-17-8-10-20-36(32)44(31-15-4-3-5-16-31)37-21-11-9-19-34(37)35-26-24-29-14-6-7-18-33(29)42(35)44/h3-5,7-13,15,17-28,31H,6,14,16H2,1-2H3. The van der Waals surface area contributed by atoms with Crippen molar-refractivity contribution in [2.75, 3.05) is 0 Å². The first-order valence-electron chi connectivity index (χ1n) is 16.4. The lowest BCUT2D eigenvalue weighted by Gasteiger charge is -2.42. The number of rotatable bonds is 3. The first-order valence-corrected chi connectivity index (χ1v) is 16.4. The number of fused-ring (bicyclic) bond motifs is 7. The van der Waals surface area contributed by atoms with Crippen molar-refractivity contribution in [3.8, 4) is 33.8 Å². The van der Waals surface area contributed by atoms with Crippen LogP contribution in [-0.2, 0) is 17.3 Å². The Kier molecular flexibility index (Phi) is 5.78. The predicted octanol–water partition coefficient (Wildman–Crippen LogP) is 11.2. The molecule has 5 aromatic carbocycles. The first kappa shape index (κ1) is 26.5. The topological polar surface area (TPSA) is 9.23 Å². The minimum Gasteiger partial charge on any atom is -0.457 e. The minimum absolute atomic E-state index is 0.180. The largest absolute Gasteiger partial charge is 0.457 e. The van der Waals surface area contributed by atoms with E-state index in [0.29, 0.717) is 0 Å². The molecule has 0 N–H and O–H groups in total. The van der Waals surface area contributed by atoms with Gasteiger partial charge in [0.15, 0.2) is 0 Å². The third-order valence-corrected chi connectivity index (χ3v) is 10.9. The SMILES string of the molecule is CC1(C)c2ccccc2Oc2ccc(-c3ccccc3C3(C4C=CC=CC4)c4ccccc4-c4ccc5c(c43)C=CCC5)cc21. The van der Waals surface area contributed by atoms with Crippen molar-refractivity contribution >= 4 is 6.08 Å². The highest BCUT2D eigenvalue weighted by molar-refractivity contribution is 5.90. The molecule has 0 aromatic heterocycles. The molecule has 1 heteroatoms. The molecule has 4 aliphatic rings. The number of para-hydroxylation sites is 1. The van der Waals surface area contributed by atoms with Gasteiger partial charge in [-0.2, -0.15) is 0 Å². The number of allylic oxidation sites excluding steroid dienone is 5. The van der Waals surface area contributed by atoms with E-state index in [4.69, 9.17) is 4.74 Å². The lowest BCUT2D eigenvalue weighted by Crippen LogP contribution is -2.37. The molecule has 0 radical (unpaired) electrons. The maximum absolute atomic E-state index is 6.48. The molecule has 0 amide bonds. The highest BCUT2D eigenvalue weighted by atomic mass is 16.5. The Morgan fingerprint density at radius 2 is 1.38 bits per heavy atom. The van der Waals surface area contributed by atoms with Gasteiger partial charge in [0, 0.05) is 16.5 Å². The summed E-state index contributed by atoms with van der Waals surface area (Å²) < 4.78 is 6.48. The number of aryl methyl sites for hydroxylation is 1. The molecule has 0 spiro atoms. The van der Waals surface area contributed by atoms with Gasteiger partial charge in [0.2, 0.25) is 0 Å². The van der Waals surface area contributed by atoms with Gasteiger partial charge in [-0.25, -0.2) is 0 Å². The van der Waals surface area contributed by atoms with E-state index in [1.165, 1.54) is 61.2 Å². The van der Waals surface area contributed by atoms with Crippen LogP contribution in [0, 0.1) is 5.92 Å². The van der Waals surface area contributed by atoms with Crippen LogP contribution in [0.25, 0.3) is 28.3 Å². The summed E-state index contributed by atoms with van der Waals surface area (Å²) in [7, 11) is 0. The molecule has 5 aromatic rings. The van der Waals surface area contributed by atoms with Crippen LogP contribution in [0.5, 0.6) is 11.5 Å². The number of hydrogen-bond donors (Lipinski definition) is 0. The molecule has 0 bridgehead atoms. The summed E-state index contributed by atoms with van der Waals surface area (Å²) in [6.07, 6.45) is 17.3. The van der Waals surface area contributed by atoms with E-state index < -0.39 is 0 Å². The molecule has 0 fully saturated rings. The minimum atomic E-state index is -0.342. The van der Waals surface area contributed by atoms with Gasteiger partial charge in [0.1, 0.15) is 11.5 Å². The summed E-state index contributed by atoms with van der Waals surface area (Å²) >= 11 is 0. The Labute approximate surface area is 266 Å². The third-order valence-electron chi connectivity index (χ3n) is 10.9. The second-order valence-corrected chi connectivity index (χ2v) is 13.5. The fraction of sp³-hybridized carbons (Fsp3) is 0.182. The highest BCUT2D eigenvalue weighted by Gasteiger charge is 2.51. The normalized spacial score (nSPS) is 21.2. The van der Waals surface area contributed by atoms with Crippen molar-refractivity contribution in [1.29, 1.82) is 0 Å². The summed E-state index contributed by atoms with van der Waals surface area (Å²) in [6.45, 7) is 4.65. The molecule has 1 heterocycles.